The molecule has 5 heteroatoms. The Morgan fingerprint density at radius 3 is 2.62 bits per heavy atom. The summed E-state index contributed by atoms with van der Waals surface area (Å²) in [5.74, 6) is -1.34. The van der Waals surface area contributed by atoms with Crippen LogP contribution in [-0.4, -0.2) is 16.9 Å². The van der Waals surface area contributed by atoms with Crippen LogP contribution in [0.25, 0.3) is 0 Å². The fourth-order valence-corrected chi connectivity index (χ4v) is 1.79. The number of benzene rings is 1. The van der Waals surface area contributed by atoms with E-state index in [1.807, 2.05) is 0 Å². The minimum absolute atomic E-state index is 0.108. The second-order valence-electron chi connectivity index (χ2n) is 4.10. The Hall–Kier alpha value is -1.42. The van der Waals surface area contributed by atoms with Gasteiger partial charge < -0.3 is 14.6 Å². The van der Waals surface area contributed by atoms with Gasteiger partial charge in [-0.3, -0.25) is 0 Å². The Bertz CT molecular complexity index is 479. The number of rotatable bonds is 0. The first-order valence-corrected chi connectivity index (χ1v) is 5.14. The molecular weight excluding hydrogens is 232 g/mol. The first-order valence-electron chi connectivity index (χ1n) is 4.76. The Kier molecular flexibility index (Phi) is 2.27. The van der Waals surface area contributed by atoms with Crippen LogP contribution >= 0.6 is 11.6 Å². The quantitative estimate of drug-likeness (QED) is 0.711. The van der Waals surface area contributed by atoms with E-state index in [9.17, 15) is 9.90 Å². The molecule has 0 unspecified atom stereocenters. The van der Waals surface area contributed by atoms with Gasteiger partial charge in [0.2, 0.25) is 5.79 Å². The second kappa shape index (κ2) is 3.28. The van der Waals surface area contributed by atoms with Crippen molar-refractivity contribution < 1.29 is 19.4 Å². The standard InChI is InChI=1S/C11H11ClO4/c1-5-8-7(4-6(13)9(5)12)15-11(2,3)16-10(8)14/h4,13H,1-3H3. The van der Waals surface area contributed by atoms with Crippen LogP contribution in [0.5, 0.6) is 11.5 Å². The highest BCUT2D eigenvalue weighted by Gasteiger charge is 2.36. The highest BCUT2D eigenvalue weighted by Crippen LogP contribution is 2.40. The molecule has 0 bridgehead atoms. The molecule has 4 nitrogen and oxygen atoms in total. The van der Waals surface area contributed by atoms with E-state index >= 15 is 0 Å². The molecule has 0 amide bonds. The first kappa shape index (κ1) is 11.1. The smallest absolute Gasteiger partial charge is 0.345 e. The third-order valence-electron chi connectivity index (χ3n) is 2.34. The number of halogens is 1. The number of fused-ring (bicyclic) bond motifs is 1. The van der Waals surface area contributed by atoms with E-state index in [2.05, 4.69) is 0 Å². The maximum absolute atomic E-state index is 11.7. The molecular formula is C11H11ClO4. The number of esters is 1. The van der Waals surface area contributed by atoms with Crippen LogP contribution in [0.4, 0.5) is 0 Å². The first-order chi connectivity index (χ1) is 7.32. The van der Waals surface area contributed by atoms with Crippen LogP contribution in [0.3, 0.4) is 0 Å². The molecule has 0 aliphatic carbocycles. The number of hydrogen-bond donors (Lipinski definition) is 1. The molecule has 0 saturated carbocycles. The van der Waals surface area contributed by atoms with Crippen molar-refractivity contribution in [1.29, 1.82) is 0 Å². The Labute approximate surface area is 97.7 Å². The van der Waals surface area contributed by atoms with Crippen molar-refractivity contribution in [2.45, 2.75) is 26.6 Å². The molecule has 16 heavy (non-hydrogen) atoms. The summed E-state index contributed by atoms with van der Waals surface area (Å²) in [4.78, 5) is 11.7. The van der Waals surface area contributed by atoms with Gasteiger partial charge in [0.25, 0.3) is 0 Å². The summed E-state index contributed by atoms with van der Waals surface area (Å²) in [6, 6.07) is 1.33. The second-order valence-corrected chi connectivity index (χ2v) is 4.48. The fraction of sp³-hybridized carbons (Fsp3) is 0.364. The van der Waals surface area contributed by atoms with Gasteiger partial charge in [0.1, 0.15) is 17.1 Å². The van der Waals surface area contributed by atoms with Gasteiger partial charge in [-0.2, -0.15) is 0 Å². The average molecular weight is 243 g/mol. The number of carbonyl (C=O) groups is 1. The maximum atomic E-state index is 11.7. The normalized spacial score (nSPS) is 17.4. The number of phenols is 1. The predicted molar refractivity (Wildman–Crippen MR) is 58.0 cm³/mol. The van der Waals surface area contributed by atoms with Crippen molar-refractivity contribution in [3.05, 3.63) is 22.2 Å². The van der Waals surface area contributed by atoms with Crippen LogP contribution in [0.1, 0.15) is 29.8 Å². The Morgan fingerprint density at radius 2 is 2.00 bits per heavy atom. The summed E-state index contributed by atoms with van der Waals surface area (Å²) in [5.41, 5.74) is 0.722. The largest absolute Gasteiger partial charge is 0.506 e. The summed E-state index contributed by atoms with van der Waals surface area (Å²) in [5, 5.41) is 9.69. The molecule has 1 aliphatic heterocycles. The SMILES string of the molecule is Cc1c(Cl)c(O)cc2c1C(=O)OC(C)(C)O2. The summed E-state index contributed by atoms with van der Waals surface area (Å²) in [6.45, 7) is 4.87. The number of carbonyl (C=O) groups excluding carboxylic acids is 1. The predicted octanol–water partition coefficient (Wildman–Crippen LogP) is 2.64. The molecule has 2 rings (SSSR count). The molecule has 1 N–H and O–H groups in total. The molecule has 0 fully saturated rings. The van der Waals surface area contributed by atoms with Crippen LogP contribution < -0.4 is 4.74 Å². The van der Waals surface area contributed by atoms with Crippen molar-refractivity contribution >= 4 is 17.6 Å². The van der Waals surface area contributed by atoms with Gasteiger partial charge in [0.05, 0.1) is 5.02 Å². The number of phenolic OH excluding ortho intramolecular Hbond substituents is 1. The maximum Gasteiger partial charge on any atom is 0.345 e. The van der Waals surface area contributed by atoms with Gasteiger partial charge in [0, 0.05) is 19.9 Å². The Morgan fingerprint density at radius 1 is 1.38 bits per heavy atom. The molecule has 86 valence electrons. The zero-order valence-corrected chi connectivity index (χ0v) is 9.88. The van der Waals surface area contributed by atoms with E-state index < -0.39 is 11.8 Å². The van der Waals surface area contributed by atoms with E-state index in [-0.39, 0.29) is 16.3 Å². The Balaban J connectivity index is 2.66. The minimum atomic E-state index is -1.03. The molecule has 1 aromatic carbocycles. The lowest BCUT2D eigenvalue weighted by molar-refractivity contribution is -0.127. The van der Waals surface area contributed by atoms with Gasteiger partial charge in [0.15, 0.2) is 0 Å². The number of cyclic esters (lactones) is 1. The minimum Gasteiger partial charge on any atom is -0.506 e. The van der Waals surface area contributed by atoms with E-state index in [1.165, 1.54) is 6.07 Å². The van der Waals surface area contributed by atoms with Gasteiger partial charge in [-0.1, -0.05) is 11.6 Å². The van der Waals surface area contributed by atoms with Gasteiger partial charge >= 0.3 is 5.97 Å². The monoisotopic (exact) mass is 242 g/mol. The zero-order valence-electron chi connectivity index (χ0n) is 9.13. The third kappa shape index (κ3) is 1.59. The van der Waals surface area contributed by atoms with Gasteiger partial charge in [-0.05, 0) is 12.5 Å². The van der Waals surface area contributed by atoms with Crippen LogP contribution in [0.15, 0.2) is 6.07 Å². The molecule has 1 aromatic rings. The summed E-state index contributed by atoms with van der Waals surface area (Å²) in [6.07, 6.45) is 0. The summed E-state index contributed by atoms with van der Waals surface area (Å²) in [7, 11) is 0. The van der Waals surface area contributed by atoms with Gasteiger partial charge in [-0.25, -0.2) is 4.79 Å². The van der Waals surface area contributed by atoms with Crippen molar-refractivity contribution in [3.63, 3.8) is 0 Å². The molecule has 0 radical (unpaired) electrons. The molecule has 0 saturated heterocycles. The molecule has 1 heterocycles. The van der Waals surface area contributed by atoms with Crippen molar-refractivity contribution in [2.24, 2.45) is 0 Å². The number of aromatic hydroxyl groups is 1. The van der Waals surface area contributed by atoms with E-state index in [0.717, 1.165) is 0 Å². The van der Waals surface area contributed by atoms with Crippen LogP contribution in [0.2, 0.25) is 5.02 Å². The summed E-state index contributed by atoms with van der Waals surface area (Å²) < 4.78 is 10.5. The average Bonchev–Trinajstić information content (AvgIpc) is 2.11. The molecule has 1 aliphatic rings. The topological polar surface area (TPSA) is 55.8 Å². The molecule has 0 aromatic heterocycles. The lowest BCUT2D eigenvalue weighted by atomic mass is 10.1. The highest BCUT2D eigenvalue weighted by atomic mass is 35.5. The van der Waals surface area contributed by atoms with Crippen LogP contribution in [0, 0.1) is 6.92 Å². The molecule has 0 atom stereocenters. The van der Waals surface area contributed by atoms with Gasteiger partial charge in [-0.15, -0.1) is 0 Å². The molecule has 0 spiro atoms. The van der Waals surface area contributed by atoms with Crippen LogP contribution in [-0.2, 0) is 4.74 Å². The highest BCUT2D eigenvalue weighted by molar-refractivity contribution is 6.33. The summed E-state index contributed by atoms with van der Waals surface area (Å²) >= 11 is 5.84. The van der Waals surface area contributed by atoms with E-state index in [4.69, 9.17) is 21.1 Å². The lowest BCUT2D eigenvalue weighted by Crippen LogP contribution is -2.39. The zero-order chi connectivity index (χ0) is 12.1. The van der Waals surface area contributed by atoms with E-state index in [1.54, 1.807) is 20.8 Å². The fourth-order valence-electron chi connectivity index (χ4n) is 1.64. The third-order valence-corrected chi connectivity index (χ3v) is 2.82. The van der Waals surface area contributed by atoms with Crippen molar-refractivity contribution in [1.82, 2.24) is 0 Å². The number of hydrogen-bond acceptors (Lipinski definition) is 4. The van der Waals surface area contributed by atoms with E-state index in [0.29, 0.717) is 11.3 Å². The van der Waals surface area contributed by atoms with Crippen molar-refractivity contribution in [2.75, 3.05) is 0 Å². The van der Waals surface area contributed by atoms with Crippen molar-refractivity contribution in [3.8, 4) is 11.5 Å². The number of ether oxygens (including phenoxy) is 2. The lowest BCUT2D eigenvalue weighted by Gasteiger charge is -2.32.